The Morgan fingerprint density at radius 3 is 2.38 bits per heavy atom. The lowest BCUT2D eigenvalue weighted by Gasteiger charge is -2.47. The first-order valence-electron chi connectivity index (χ1n) is 13.2. The molecule has 3 aromatic heterocycles. The molecule has 4 heterocycles. The third-order valence-electron chi connectivity index (χ3n) is 7.44. The molecule has 1 aromatic carbocycles. The lowest BCUT2D eigenvalue weighted by Crippen LogP contribution is -2.61. The number of amides is 1. The first kappa shape index (κ1) is 27.6. The van der Waals surface area contributed by atoms with E-state index in [-0.39, 0.29) is 22.6 Å². The second-order valence-corrected chi connectivity index (χ2v) is 12.4. The first-order chi connectivity index (χ1) is 18.7. The third-order valence-corrected chi connectivity index (χ3v) is 7.69. The molecule has 0 bridgehead atoms. The molecule has 0 aliphatic carbocycles. The zero-order valence-electron chi connectivity index (χ0n) is 23.6. The van der Waals surface area contributed by atoms with Crippen LogP contribution < -0.4 is 4.90 Å². The number of rotatable bonds is 4. The fourth-order valence-corrected chi connectivity index (χ4v) is 5.38. The number of pyridine rings is 2. The van der Waals surface area contributed by atoms with Gasteiger partial charge in [0.2, 0.25) is 0 Å². The number of carboxylic acid groups (broad SMARTS) is 1. The van der Waals surface area contributed by atoms with E-state index in [1.165, 1.54) is 6.20 Å². The van der Waals surface area contributed by atoms with Crippen molar-refractivity contribution in [3.05, 3.63) is 76.1 Å². The maximum absolute atomic E-state index is 13.8. The van der Waals surface area contributed by atoms with E-state index in [2.05, 4.69) is 30.7 Å². The Kier molecular flexibility index (Phi) is 6.86. The standard InChI is InChI=1S/C31H33ClN4O4/c1-18-13-26(33-16-21(18)29(38)39)35-11-12-36(31(5,6)17-35)28(37)25-15-24-27(40-25)22(30(2,3)4)14-23(34-24)19-7-9-20(32)10-8-19/h7-10,13-16H,11-12,17H2,1-6H3,(H,38,39). The molecule has 9 heteroatoms. The molecule has 0 unspecified atom stereocenters. The molecule has 0 atom stereocenters. The Balaban J connectivity index is 1.45. The monoisotopic (exact) mass is 560 g/mol. The molecule has 1 saturated heterocycles. The molecule has 4 aromatic rings. The van der Waals surface area contributed by atoms with Crippen LogP contribution in [0.15, 0.2) is 53.1 Å². The zero-order chi connectivity index (χ0) is 29.0. The van der Waals surface area contributed by atoms with E-state index in [1.807, 2.05) is 49.1 Å². The molecule has 1 fully saturated rings. The van der Waals surface area contributed by atoms with Crippen molar-refractivity contribution in [3.8, 4) is 11.3 Å². The van der Waals surface area contributed by atoms with Gasteiger partial charge in [0.25, 0.3) is 5.91 Å². The van der Waals surface area contributed by atoms with Crippen molar-refractivity contribution in [3.63, 3.8) is 0 Å². The summed E-state index contributed by atoms with van der Waals surface area (Å²) in [6.07, 6.45) is 1.39. The van der Waals surface area contributed by atoms with Crippen molar-refractivity contribution in [1.29, 1.82) is 0 Å². The number of aromatic nitrogens is 2. The van der Waals surface area contributed by atoms with E-state index in [4.69, 9.17) is 21.0 Å². The van der Waals surface area contributed by atoms with Crippen molar-refractivity contribution in [2.75, 3.05) is 24.5 Å². The van der Waals surface area contributed by atoms with Crippen molar-refractivity contribution in [2.24, 2.45) is 0 Å². The van der Waals surface area contributed by atoms with Crippen LogP contribution in [0.25, 0.3) is 22.4 Å². The van der Waals surface area contributed by atoms with Gasteiger partial charge in [-0.05, 0) is 56.0 Å². The van der Waals surface area contributed by atoms with E-state index in [0.29, 0.717) is 47.1 Å². The fraction of sp³-hybridized carbons (Fsp3) is 0.355. The highest BCUT2D eigenvalue weighted by Crippen LogP contribution is 2.36. The van der Waals surface area contributed by atoms with Gasteiger partial charge in [-0.3, -0.25) is 4.79 Å². The van der Waals surface area contributed by atoms with Gasteiger partial charge in [0.05, 0.1) is 16.8 Å². The second kappa shape index (κ2) is 9.93. The Morgan fingerprint density at radius 2 is 1.77 bits per heavy atom. The number of carbonyl (C=O) groups excluding carboxylic acids is 1. The summed E-state index contributed by atoms with van der Waals surface area (Å²) in [7, 11) is 0. The quantitative estimate of drug-likeness (QED) is 0.300. The Labute approximate surface area is 238 Å². The van der Waals surface area contributed by atoms with Crippen LogP contribution in [0, 0.1) is 6.92 Å². The molecular formula is C31H33ClN4O4. The minimum atomic E-state index is -0.998. The van der Waals surface area contributed by atoms with Crippen LogP contribution in [0.3, 0.4) is 0 Å². The molecule has 8 nitrogen and oxygen atoms in total. The number of piperazine rings is 1. The molecule has 0 spiro atoms. The van der Waals surface area contributed by atoms with Gasteiger partial charge in [-0.15, -0.1) is 0 Å². The summed E-state index contributed by atoms with van der Waals surface area (Å²) >= 11 is 6.10. The van der Waals surface area contributed by atoms with E-state index < -0.39 is 11.5 Å². The molecule has 1 aliphatic heterocycles. The number of anilines is 1. The summed E-state index contributed by atoms with van der Waals surface area (Å²) < 4.78 is 6.25. The van der Waals surface area contributed by atoms with Gasteiger partial charge in [-0.25, -0.2) is 14.8 Å². The van der Waals surface area contributed by atoms with E-state index in [9.17, 15) is 14.7 Å². The Morgan fingerprint density at radius 1 is 1.07 bits per heavy atom. The van der Waals surface area contributed by atoms with Crippen molar-refractivity contribution in [1.82, 2.24) is 14.9 Å². The number of aryl methyl sites for hydroxylation is 1. The van der Waals surface area contributed by atoms with Crippen molar-refractivity contribution in [2.45, 2.75) is 52.5 Å². The number of hydrogen-bond acceptors (Lipinski definition) is 6. The largest absolute Gasteiger partial charge is 0.478 e. The van der Waals surface area contributed by atoms with Crippen LogP contribution >= 0.6 is 11.6 Å². The Bertz CT molecular complexity index is 1620. The normalized spacial score (nSPS) is 15.5. The number of nitrogens with zero attached hydrogens (tertiary/aromatic N) is 4. The molecule has 0 saturated carbocycles. The van der Waals surface area contributed by atoms with Gasteiger partial charge in [-0.2, -0.15) is 0 Å². The third kappa shape index (κ3) is 5.16. The Hall–Kier alpha value is -3.91. The molecule has 1 N–H and O–H groups in total. The number of halogens is 1. The predicted octanol–water partition coefficient (Wildman–Crippen LogP) is 6.59. The van der Waals surface area contributed by atoms with Gasteiger partial charge in [-0.1, -0.05) is 44.5 Å². The second-order valence-electron chi connectivity index (χ2n) is 12.0. The summed E-state index contributed by atoms with van der Waals surface area (Å²) in [6.45, 7) is 13.7. The highest BCUT2D eigenvalue weighted by atomic mass is 35.5. The average molecular weight is 561 g/mol. The molecule has 208 valence electrons. The molecular weight excluding hydrogens is 528 g/mol. The summed E-state index contributed by atoms with van der Waals surface area (Å²) in [5, 5.41) is 9.99. The SMILES string of the molecule is Cc1cc(N2CCN(C(=O)c3cc4nc(-c5ccc(Cl)cc5)cc(C(C)(C)C)c4o3)C(C)(C)C2)ncc1C(=O)O. The van der Waals surface area contributed by atoms with Gasteiger partial charge in [0.15, 0.2) is 11.3 Å². The van der Waals surface area contributed by atoms with Crippen LogP contribution in [-0.4, -0.2) is 57.0 Å². The van der Waals surface area contributed by atoms with Crippen LogP contribution in [0.2, 0.25) is 5.02 Å². The lowest BCUT2D eigenvalue weighted by atomic mass is 9.86. The minimum absolute atomic E-state index is 0.184. The van der Waals surface area contributed by atoms with Crippen molar-refractivity contribution >= 4 is 40.4 Å². The average Bonchev–Trinajstić information content (AvgIpc) is 3.31. The van der Waals surface area contributed by atoms with Gasteiger partial charge < -0.3 is 19.3 Å². The summed E-state index contributed by atoms with van der Waals surface area (Å²) in [4.78, 5) is 38.4. The van der Waals surface area contributed by atoms with Crippen molar-refractivity contribution < 1.29 is 19.1 Å². The molecule has 0 radical (unpaired) electrons. The van der Waals surface area contributed by atoms with E-state index in [1.54, 1.807) is 19.1 Å². The predicted molar refractivity (Wildman–Crippen MR) is 156 cm³/mol. The number of aromatic carboxylic acids is 1. The number of furan rings is 1. The topological polar surface area (TPSA) is 99.8 Å². The molecule has 40 heavy (non-hydrogen) atoms. The molecule has 5 rings (SSSR count). The molecule has 1 amide bonds. The maximum atomic E-state index is 13.8. The lowest BCUT2D eigenvalue weighted by molar-refractivity contribution is 0.0483. The van der Waals surface area contributed by atoms with E-state index >= 15 is 0 Å². The summed E-state index contributed by atoms with van der Waals surface area (Å²) in [5.41, 5.74) is 4.00. The number of hydrogen-bond donors (Lipinski definition) is 1. The smallest absolute Gasteiger partial charge is 0.337 e. The maximum Gasteiger partial charge on any atom is 0.337 e. The van der Waals surface area contributed by atoms with Crippen LogP contribution in [-0.2, 0) is 5.41 Å². The first-order valence-corrected chi connectivity index (χ1v) is 13.6. The number of carbonyl (C=O) groups is 2. The molecule has 1 aliphatic rings. The zero-order valence-corrected chi connectivity index (χ0v) is 24.3. The van der Waals surface area contributed by atoms with Crippen LogP contribution in [0.4, 0.5) is 5.82 Å². The number of benzene rings is 1. The van der Waals surface area contributed by atoms with Gasteiger partial charge >= 0.3 is 5.97 Å². The van der Waals surface area contributed by atoms with Gasteiger partial charge in [0, 0.05) is 48.0 Å². The number of fused-ring (bicyclic) bond motifs is 1. The van der Waals surface area contributed by atoms with Gasteiger partial charge in [0.1, 0.15) is 11.3 Å². The summed E-state index contributed by atoms with van der Waals surface area (Å²) in [6, 6.07) is 13.1. The highest BCUT2D eigenvalue weighted by molar-refractivity contribution is 6.30. The van der Waals surface area contributed by atoms with Crippen LogP contribution in [0.5, 0.6) is 0 Å². The highest BCUT2D eigenvalue weighted by Gasteiger charge is 2.39. The fourth-order valence-electron chi connectivity index (χ4n) is 5.25. The minimum Gasteiger partial charge on any atom is -0.478 e. The number of carboxylic acids is 1. The van der Waals surface area contributed by atoms with E-state index in [0.717, 1.165) is 16.8 Å². The summed E-state index contributed by atoms with van der Waals surface area (Å²) in [5.74, 6) is -0.244. The van der Waals surface area contributed by atoms with Crippen LogP contribution in [0.1, 0.15) is 66.7 Å².